The minimum absolute atomic E-state index is 0.0506. The van der Waals surface area contributed by atoms with Gasteiger partial charge >= 0.3 is 0 Å². The molecule has 0 radical (unpaired) electrons. The quantitative estimate of drug-likeness (QED) is 0.833. The SMILES string of the molecule is NC1CC(C2CCCOC2)Oc2cc(F)ccc21. The Morgan fingerprint density at radius 2 is 2.22 bits per heavy atom. The van der Waals surface area contributed by atoms with Gasteiger partial charge < -0.3 is 15.2 Å². The predicted molar refractivity (Wildman–Crippen MR) is 65.9 cm³/mol. The second-order valence-corrected chi connectivity index (χ2v) is 5.16. The number of hydrogen-bond donors (Lipinski definition) is 1. The molecule has 0 aromatic heterocycles. The molecule has 3 unspecified atom stereocenters. The van der Waals surface area contributed by atoms with E-state index in [1.165, 1.54) is 12.1 Å². The zero-order valence-electron chi connectivity index (χ0n) is 10.3. The number of halogens is 1. The lowest BCUT2D eigenvalue weighted by molar-refractivity contribution is -0.00934. The summed E-state index contributed by atoms with van der Waals surface area (Å²) in [7, 11) is 0. The molecule has 2 aliphatic rings. The summed E-state index contributed by atoms with van der Waals surface area (Å²) in [5, 5.41) is 0. The lowest BCUT2D eigenvalue weighted by atomic mass is 9.87. The van der Waals surface area contributed by atoms with Gasteiger partial charge in [0, 0.05) is 36.6 Å². The molecule has 2 heterocycles. The number of benzene rings is 1. The molecule has 0 spiro atoms. The van der Waals surface area contributed by atoms with E-state index in [1.54, 1.807) is 6.07 Å². The first-order valence-corrected chi connectivity index (χ1v) is 6.53. The lowest BCUT2D eigenvalue weighted by Gasteiger charge is -2.36. The Bertz CT molecular complexity index is 432. The summed E-state index contributed by atoms with van der Waals surface area (Å²) in [6.45, 7) is 1.56. The topological polar surface area (TPSA) is 44.5 Å². The van der Waals surface area contributed by atoms with Crippen LogP contribution in [0.15, 0.2) is 18.2 Å². The Balaban J connectivity index is 1.81. The van der Waals surface area contributed by atoms with Gasteiger partial charge in [-0.1, -0.05) is 6.07 Å². The van der Waals surface area contributed by atoms with Crippen LogP contribution in [0, 0.1) is 11.7 Å². The molecule has 0 aliphatic carbocycles. The molecule has 2 aliphatic heterocycles. The maximum atomic E-state index is 13.2. The largest absolute Gasteiger partial charge is 0.490 e. The highest BCUT2D eigenvalue weighted by molar-refractivity contribution is 5.38. The van der Waals surface area contributed by atoms with Gasteiger partial charge in [-0.05, 0) is 18.9 Å². The van der Waals surface area contributed by atoms with E-state index in [0.29, 0.717) is 11.7 Å². The second-order valence-electron chi connectivity index (χ2n) is 5.16. The van der Waals surface area contributed by atoms with E-state index in [0.717, 1.165) is 38.0 Å². The lowest BCUT2D eigenvalue weighted by Crippen LogP contribution is -2.39. The Morgan fingerprint density at radius 1 is 1.33 bits per heavy atom. The van der Waals surface area contributed by atoms with Crippen molar-refractivity contribution < 1.29 is 13.9 Å². The monoisotopic (exact) mass is 251 g/mol. The zero-order chi connectivity index (χ0) is 12.5. The van der Waals surface area contributed by atoms with Crippen molar-refractivity contribution in [3.8, 4) is 5.75 Å². The van der Waals surface area contributed by atoms with E-state index >= 15 is 0 Å². The van der Waals surface area contributed by atoms with Crippen LogP contribution in [0.2, 0.25) is 0 Å². The minimum Gasteiger partial charge on any atom is -0.490 e. The first-order valence-electron chi connectivity index (χ1n) is 6.53. The van der Waals surface area contributed by atoms with Crippen molar-refractivity contribution in [1.29, 1.82) is 0 Å². The van der Waals surface area contributed by atoms with Crippen LogP contribution in [0.4, 0.5) is 4.39 Å². The fraction of sp³-hybridized carbons (Fsp3) is 0.571. The highest BCUT2D eigenvalue weighted by Crippen LogP contribution is 2.37. The molecular weight excluding hydrogens is 233 g/mol. The van der Waals surface area contributed by atoms with Gasteiger partial charge in [-0.25, -0.2) is 4.39 Å². The van der Waals surface area contributed by atoms with Gasteiger partial charge in [0.2, 0.25) is 0 Å². The highest BCUT2D eigenvalue weighted by Gasteiger charge is 2.33. The molecule has 0 bridgehead atoms. The standard InChI is InChI=1S/C14H18FNO2/c15-10-3-4-11-12(16)7-13(18-14(11)6-10)9-2-1-5-17-8-9/h3-4,6,9,12-13H,1-2,5,7-8,16H2. The molecule has 18 heavy (non-hydrogen) atoms. The molecule has 2 N–H and O–H groups in total. The van der Waals surface area contributed by atoms with Crippen molar-refractivity contribution in [3.63, 3.8) is 0 Å². The predicted octanol–water partition coefficient (Wildman–Crippen LogP) is 2.40. The molecule has 0 saturated carbocycles. The summed E-state index contributed by atoms with van der Waals surface area (Å²) in [6.07, 6.45) is 3.00. The van der Waals surface area contributed by atoms with Gasteiger partial charge in [-0.3, -0.25) is 0 Å². The molecule has 4 heteroatoms. The fourth-order valence-corrected chi connectivity index (χ4v) is 2.85. The molecule has 1 fully saturated rings. The average molecular weight is 251 g/mol. The maximum Gasteiger partial charge on any atom is 0.127 e. The van der Waals surface area contributed by atoms with Gasteiger partial charge in [0.15, 0.2) is 0 Å². The molecule has 1 aromatic rings. The number of nitrogens with two attached hydrogens (primary N) is 1. The van der Waals surface area contributed by atoms with Crippen LogP contribution in [0.3, 0.4) is 0 Å². The molecule has 3 nitrogen and oxygen atoms in total. The van der Waals surface area contributed by atoms with E-state index in [1.807, 2.05) is 0 Å². The van der Waals surface area contributed by atoms with Crippen LogP contribution in [0.25, 0.3) is 0 Å². The van der Waals surface area contributed by atoms with Crippen LogP contribution in [0.1, 0.15) is 30.9 Å². The molecule has 1 saturated heterocycles. The molecule has 3 atom stereocenters. The van der Waals surface area contributed by atoms with Gasteiger partial charge in [-0.15, -0.1) is 0 Å². The van der Waals surface area contributed by atoms with E-state index in [-0.39, 0.29) is 18.0 Å². The van der Waals surface area contributed by atoms with E-state index in [4.69, 9.17) is 15.2 Å². The number of rotatable bonds is 1. The second kappa shape index (κ2) is 4.86. The smallest absolute Gasteiger partial charge is 0.127 e. The Labute approximate surface area is 106 Å². The Morgan fingerprint density at radius 3 is 3.00 bits per heavy atom. The van der Waals surface area contributed by atoms with Crippen LogP contribution in [-0.2, 0) is 4.74 Å². The number of hydrogen-bond acceptors (Lipinski definition) is 3. The fourth-order valence-electron chi connectivity index (χ4n) is 2.85. The van der Waals surface area contributed by atoms with Crippen molar-refractivity contribution in [3.05, 3.63) is 29.6 Å². The van der Waals surface area contributed by atoms with Crippen LogP contribution in [0.5, 0.6) is 5.75 Å². The minimum atomic E-state index is -0.276. The summed E-state index contributed by atoms with van der Waals surface area (Å²) < 4.78 is 24.7. The van der Waals surface area contributed by atoms with Crippen molar-refractivity contribution >= 4 is 0 Å². The molecule has 1 aromatic carbocycles. The van der Waals surface area contributed by atoms with Crippen molar-refractivity contribution in [1.82, 2.24) is 0 Å². The first kappa shape index (κ1) is 11.9. The molecule has 3 rings (SSSR count). The maximum absolute atomic E-state index is 13.2. The summed E-state index contributed by atoms with van der Waals surface area (Å²) >= 11 is 0. The molecular formula is C14H18FNO2. The highest BCUT2D eigenvalue weighted by atomic mass is 19.1. The van der Waals surface area contributed by atoms with Crippen molar-refractivity contribution in [2.45, 2.75) is 31.4 Å². The van der Waals surface area contributed by atoms with Crippen molar-refractivity contribution in [2.24, 2.45) is 11.7 Å². The normalized spacial score (nSPS) is 31.6. The Hall–Kier alpha value is -1.13. The van der Waals surface area contributed by atoms with Crippen molar-refractivity contribution in [2.75, 3.05) is 13.2 Å². The van der Waals surface area contributed by atoms with E-state index in [9.17, 15) is 4.39 Å². The van der Waals surface area contributed by atoms with Gasteiger partial charge in [0.25, 0.3) is 0 Å². The first-order chi connectivity index (χ1) is 8.74. The van der Waals surface area contributed by atoms with Crippen LogP contribution < -0.4 is 10.5 Å². The number of ether oxygens (including phenoxy) is 2. The zero-order valence-corrected chi connectivity index (χ0v) is 10.3. The summed E-state index contributed by atoms with van der Waals surface area (Å²) in [6, 6.07) is 4.53. The molecule has 0 amide bonds. The third kappa shape index (κ3) is 2.22. The third-order valence-electron chi connectivity index (χ3n) is 3.86. The summed E-state index contributed by atoms with van der Waals surface area (Å²) in [5.41, 5.74) is 7.06. The van der Waals surface area contributed by atoms with Gasteiger partial charge in [-0.2, -0.15) is 0 Å². The van der Waals surface area contributed by atoms with E-state index in [2.05, 4.69) is 0 Å². The summed E-state index contributed by atoms with van der Waals surface area (Å²) in [4.78, 5) is 0. The third-order valence-corrected chi connectivity index (χ3v) is 3.86. The number of fused-ring (bicyclic) bond motifs is 1. The van der Waals surface area contributed by atoms with Crippen LogP contribution in [-0.4, -0.2) is 19.3 Å². The summed E-state index contributed by atoms with van der Waals surface area (Å²) in [5.74, 6) is 0.701. The van der Waals surface area contributed by atoms with Gasteiger partial charge in [0.05, 0.1) is 6.61 Å². The molecule has 98 valence electrons. The van der Waals surface area contributed by atoms with Gasteiger partial charge in [0.1, 0.15) is 17.7 Å². The van der Waals surface area contributed by atoms with E-state index < -0.39 is 0 Å². The van der Waals surface area contributed by atoms with Crippen LogP contribution >= 0.6 is 0 Å². The Kier molecular flexibility index (Phi) is 3.22. The average Bonchev–Trinajstić information content (AvgIpc) is 2.39.